The zero-order valence-corrected chi connectivity index (χ0v) is 12.2. The van der Waals surface area contributed by atoms with Crippen LogP contribution in [0.3, 0.4) is 0 Å². The van der Waals surface area contributed by atoms with Crippen molar-refractivity contribution in [1.82, 2.24) is 0 Å². The van der Waals surface area contributed by atoms with Gasteiger partial charge in [0.15, 0.2) is 0 Å². The topological polar surface area (TPSA) is 69.6 Å². The number of rotatable bonds is 7. The Morgan fingerprint density at radius 3 is 2.22 bits per heavy atom. The van der Waals surface area contributed by atoms with Gasteiger partial charge < -0.3 is 24.2 Å². The first-order chi connectivity index (χ1) is 8.07. The van der Waals surface area contributed by atoms with Gasteiger partial charge >= 0.3 is 0 Å². The van der Waals surface area contributed by atoms with Crippen molar-refractivity contribution in [3.63, 3.8) is 0 Å². The van der Waals surface area contributed by atoms with Crippen molar-refractivity contribution in [2.45, 2.75) is 26.9 Å². The summed E-state index contributed by atoms with van der Waals surface area (Å²) >= 11 is 0. The molecule has 0 aromatic carbocycles. The lowest BCUT2D eigenvalue weighted by molar-refractivity contribution is -0.893. The summed E-state index contributed by atoms with van der Waals surface area (Å²) in [7, 11) is 4.19. The van der Waals surface area contributed by atoms with E-state index in [1.165, 1.54) is 0 Å². The largest absolute Gasteiger partial charge is 0.550 e. The first-order valence-electron chi connectivity index (χ1n) is 5.96. The van der Waals surface area contributed by atoms with Crippen LogP contribution in [0.5, 0.6) is 0 Å². The van der Waals surface area contributed by atoms with Crippen molar-refractivity contribution in [3.05, 3.63) is 12.2 Å². The Morgan fingerprint density at radius 1 is 1.44 bits per heavy atom. The molecule has 1 unspecified atom stereocenters. The van der Waals surface area contributed by atoms with E-state index in [-0.39, 0.29) is 6.10 Å². The maximum atomic E-state index is 9.26. The average molecular weight is 261 g/mol. The summed E-state index contributed by atoms with van der Waals surface area (Å²) in [6.45, 7) is 11.5. The number of aliphatic hydroxyl groups excluding tert-OH is 1. The van der Waals surface area contributed by atoms with Crippen LogP contribution in [-0.4, -0.2) is 62.1 Å². The molecule has 0 saturated heterocycles. The molecule has 0 radical (unpaired) electrons. The number of hydrogen-bond donors (Lipinski definition) is 1. The highest BCUT2D eigenvalue weighted by Crippen LogP contribution is 2.00. The maximum absolute atomic E-state index is 9.26. The van der Waals surface area contributed by atoms with Gasteiger partial charge in [0.25, 0.3) is 0 Å². The van der Waals surface area contributed by atoms with Crippen LogP contribution in [0.4, 0.5) is 0 Å². The standard InChI is InChI=1S/C11H24NO2.C2H4O2/c1-10(2)9-14-7-6-12(4,5)8-11(3)13;1-2(3)4/h11,13H,1,6-9H2,2-5H3;1H3,(H,3,4)/q+1;/p-1. The molecule has 0 rings (SSSR count). The van der Waals surface area contributed by atoms with Crippen LogP contribution < -0.4 is 5.11 Å². The smallest absolute Gasteiger partial charge is 0.104 e. The third-order valence-corrected chi connectivity index (χ3v) is 1.95. The van der Waals surface area contributed by atoms with Crippen LogP contribution in [0.1, 0.15) is 20.8 Å². The van der Waals surface area contributed by atoms with Gasteiger partial charge in [0.05, 0.1) is 27.3 Å². The molecule has 108 valence electrons. The molecule has 5 heteroatoms. The predicted octanol–water partition coefficient (Wildman–Crippen LogP) is -0.207. The van der Waals surface area contributed by atoms with Gasteiger partial charge in [-0.15, -0.1) is 0 Å². The number of likely N-dealkylation sites (N-methyl/N-ethyl adjacent to an activating group) is 1. The van der Waals surface area contributed by atoms with Crippen LogP contribution in [0.2, 0.25) is 0 Å². The van der Waals surface area contributed by atoms with Crippen LogP contribution in [0.25, 0.3) is 0 Å². The molecule has 0 fully saturated rings. The third-order valence-electron chi connectivity index (χ3n) is 1.95. The van der Waals surface area contributed by atoms with Crippen molar-refractivity contribution in [2.75, 3.05) is 40.4 Å². The Kier molecular flexibility index (Phi) is 10.9. The highest BCUT2D eigenvalue weighted by molar-refractivity contribution is 5.60. The van der Waals surface area contributed by atoms with Gasteiger partial charge in [-0.1, -0.05) is 12.2 Å². The van der Waals surface area contributed by atoms with Gasteiger partial charge in [0.1, 0.15) is 19.2 Å². The molecule has 5 nitrogen and oxygen atoms in total. The molecule has 0 heterocycles. The fourth-order valence-corrected chi connectivity index (χ4v) is 1.36. The number of carbonyl (C=O) groups is 1. The Labute approximate surface area is 110 Å². The second-order valence-electron chi connectivity index (χ2n) is 5.19. The van der Waals surface area contributed by atoms with E-state index in [0.29, 0.717) is 13.2 Å². The zero-order chi connectivity index (χ0) is 14.8. The number of aliphatic carboxylic acids is 1. The predicted molar refractivity (Wildman–Crippen MR) is 69.8 cm³/mol. The summed E-state index contributed by atoms with van der Waals surface area (Å²) in [5.74, 6) is -1.08. The molecule has 0 amide bonds. The van der Waals surface area contributed by atoms with Gasteiger partial charge in [-0.25, -0.2) is 0 Å². The molecular weight excluding hydrogens is 234 g/mol. The first kappa shape index (κ1) is 19.4. The highest BCUT2D eigenvalue weighted by Gasteiger charge is 2.17. The lowest BCUT2D eigenvalue weighted by Crippen LogP contribution is -2.46. The monoisotopic (exact) mass is 261 g/mol. The van der Waals surface area contributed by atoms with E-state index in [2.05, 4.69) is 20.7 Å². The molecule has 0 bridgehead atoms. The summed E-state index contributed by atoms with van der Waals surface area (Å²) in [6, 6.07) is 0. The Hall–Kier alpha value is -0.910. The summed E-state index contributed by atoms with van der Waals surface area (Å²) in [5.41, 5.74) is 1.05. The summed E-state index contributed by atoms with van der Waals surface area (Å²) in [5, 5.41) is 18.2. The number of nitrogens with zero attached hydrogens (tertiary/aromatic N) is 1. The number of carbonyl (C=O) groups excluding carboxylic acids is 1. The van der Waals surface area contributed by atoms with Crippen molar-refractivity contribution < 1.29 is 24.2 Å². The van der Waals surface area contributed by atoms with Gasteiger partial charge in [-0.2, -0.15) is 0 Å². The molecule has 1 atom stereocenters. The van der Waals surface area contributed by atoms with E-state index >= 15 is 0 Å². The minimum absolute atomic E-state index is 0.258. The number of quaternary nitrogens is 1. The normalized spacial score (nSPS) is 12.3. The van der Waals surface area contributed by atoms with E-state index < -0.39 is 5.97 Å². The molecule has 0 aromatic heterocycles. The first-order valence-corrected chi connectivity index (χ1v) is 5.96. The number of aliphatic hydroxyl groups is 1. The minimum Gasteiger partial charge on any atom is -0.550 e. The van der Waals surface area contributed by atoms with Gasteiger partial charge in [0, 0.05) is 5.97 Å². The lowest BCUT2D eigenvalue weighted by Gasteiger charge is -2.30. The minimum atomic E-state index is -1.08. The second kappa shape index (κ2) is 10.1. The van der Waals surface area contributed by atoms with E-state index in [9.17, 15) is 5.11 Å². The van der Waals surface area contributed by atoms with Crippen molar-refractivity contribution in [3.8, 4) is 0 Å². The Morgan fingerprint density at radius 2 is 1.89 bits per heavy atom. The zero-order valence-electron chi connectivity index (χ0n) is 12.2. The summed E-state index contributed by atoms with van der Waals surface area (Å²) in [6.07, 6.45) is -0.258. The molecule has 0 aliphatic rings. The van der Waals surface area contributed by atoms with Crippen molar-refractivity contribution in [2.24, 2.45) is 0 Å². The van der Waals surface area contributed by atoms with E-state index in [0.717, 1.165) is 30.1 Å². The summed E-state index contributed by atoms with van der Waals surface area (Å²) in [4.78, 5) is 8.89. The SMILES string of the molecule is C=C(C)COCC[N+](C)(C)CC(C)O.CC(=O)[O-]. The molecule has 0 aliphatic carbocycles. The molecule has 18 heavy (non-hydrogen) atoms. The fraction of sp³-hybridized carbons (Fsp3) is 0.769. The fourth-order valence-electron chi connectivity index (χ4n) is 1.36. The van der Waals surface area contributed by atoms with Crippen molar-refractivity contribution in [1.29, 1.82) is 0 Å². The van der Waals surface area contributed by atoms with Crippen LogP contribution in [0, 0.1) is 0 Å². The lowest BCUT2D eigenvalue weighted by atomic mass is 10.3. The molecule has 0 aromatic rings. The molecular formula is C13H27NO4. The number of ether oxygens (including phenoxy) is 1. The van der Waals surface area contributed by atoms with Crippen molar-refractivity contribution >= 4 is 5.97 Å². The maximum Gasteiger partial charge on any atom is 0.104 e. The highest BCUT2D eigenvalue weighted by atomic mass is 16.5. The van der Waals surface area contributed by atoms with Gasteiger partial charge in [0.2, 0.25) is 0 Å². The summed E-state index contributed by atoms with van der Waals surface area (Å²) < 4.78 is 6.20. The Bertz CT molecular complexity index is 245. The second-order valence-corrected chi connectivity index (χ2v) is 5.19. The molecule has 0 spiro atoms. The number of carboxylic acid groups (broad SMARTS) is 1. The average Bonchev–Trinajstić information content (AvgIpc) is 2.09. The molecule has 0 aliphatic heterocycles. The van der Waals surface area contributed by atoms with Gasteiger partial charge in [-0.05, 0) is 20.8 Å². The van der Waals surface area contributed by atoms with E-state index in [1.807, 2.05) is 13.8 Å². The van der Waals surface area contributed by atoms with E-state index in [4.69, 9.17) is 14.6 Å². The van der Waals surface area contributed by atoms with Crippen LogP contribution in [-0.2, 0) is 9.53 Å². The third kappa shape index (κ3) is 20.5. The molecule has 1 N–H and O–H groups in total. The van der Waals surface area contributed by atoms with Gasteiger partial charge in [-0.3, -0.25) is 0 Å². The van der Waals surface area contributed by atoms with Crippen LogP contribution in [0.15, 0.2) is 12.2 Å². The number of carboxylic acids is 1. The molecule has 0 saturated carbocycles. The van der Waals surface area contributed by atoms with Crippen LogP contribution >= 0.6 is 0 Å². The van der Waals surface area contributed by atoms with E-state index in [1.54, 1.807) is 0 Å². The quantitative estimate of drug-likeness (QED) is 0.391. The number of hydrogen-bond acceptors (Lipinski definition) is 4. The Balaban J connectivity index is 0.